The van der Waals surface area contributed by atoms with Crippen molar-refractivity contribution in [2.45, 2.75) is 26.5 Å². The van der Waals surface area contributed by atoms with Crippen LogP contribution in [0.15, 0.2) is 65.1 Å². The Morgan fingerprint density at radius 2 is 1.74 bits per heavy atom. The number of nitrogens with one attached hydrogen (secondary N) is 1. The van der Waals surface area contributed by atoms with Crippen molar-refractivity contribution in [2.24, 2.45) is 0 Å². The Balaban J connectivity index is 1.93. The fraction of sp³-hybridized carbons (Fsp3) is 0.222. The summed E-state index contributed by atoms with van der Waals surface area (Å²) in [7, 11) is -4.04. The molecular weight excluding hydrogens is 526 g/mol. The SMILES string of the molecule is CNC(=O)c1c(-c2ccc(F)cc2)oc2cc(N(Cc3ccc(B(O)O)cc3)S(C)(=O)=O)c(OC(C)C)cc12. The molecule has 0 aliphatic rings. The number of furan rings is 1. The summed E-state index contributed by atoms with van der Waals surface area (Å²) >= 11 is 0. The highest BCUT2D eigenvalue weighted by molar-refractivity contribution is 7.92. The standard InChI is InChI=1S/C27H28BFN2O7S/c1-16(2)37-24-13-21-23(38-26(25(21)27(32)30-3)18-7-11-20(29)12-8-18)14-22(24)31(39(4,35)36)15-17-5-9-19(10-6-17)28(33)34/h5-14,16,33-34H,15H2,1-4H3,(H,30,32). The van der Waals surface area contributed by atoms with Crippen molar-refractivity contribution >= 4 is 45.2 Å². The first-order chi connectivity index (χ1) is 18.4. The van der Waals surface area contributed by atoms with Crippen molar-refractivity contribution in [3.63, 3.8) is 0 Å². The van der Waals surface area contributed by atoms with E-state index in [9.17, 15) is 27.7 Å². The van der Waals surface area contributed by atoms with Crippen LogP contribution in [0, 0.1) is 5.82 Å². The van der Waals surface area contributed by atoms with Gasteiger partial charge in [-0.1, -0.05) is 24.3 Å². The molecular formula is C27H28BFN2O7S. The minimum atomic E-state index is -3.86. The lowest BCUT2D eigenvalue weighted by Gasteiger charge is -2.26. The predicted molar refractivity (Wildman–Crippen MR) is 148 cm³/mol. The first kappa shape index (κ1) is 28.2. The van der Waals surface area contributed by atoms with E-state index in [0.717, 1.165) is 10.6 Å². The molecule has 0 aliphatic carbocycles. The third-order valence-electron chi connectivity index (χ3n) is 5.97. The molecule has 0 bridgehead atoms. The number of amides is 1. The van der Waals surface area contributed by atoms with E-state index in [4.69, 9.17) is 9.15 Å². The van der Waals surface area contributed by atoms with E-state index in [1.165, 1.54) is 49.5 Å². The molecule has 204 valence electrons. The quantitative estimate of drug-likeness (QED) is 0.271. The molecule has 0 saturated carbocycles. The molecule has 0 spiro atoms. The maximum Gasteiger partial charge on any atom is 0.488 e. The summed E-state index contributed by atoms with van der Waals surface area (Å²) in [5, 5.41) is 21.7. The van der Waals surface area contributed by atoms with Crippen molar-refractivity contribution < 1.29 is 36.8 Å². The van der Waals surface area contributed by atoms with Crippen LogP contribution in [-0.2, 0) is 16.6 Å². The molecule has 0 radical (unpaired) electrons. The van der Waals surface area contributed by atoms with Crippen LogP contribution in [0.2, 0.25) is 0 Å². The molecule has 0 saturated heterocycles. The minimum absolute atomic E-state index is 0.0889. The minimum Gasteiger partial charge on any atom is -0.489 e. The number of rotatable bonds is 9. The molecule has 1 heterocycles. The van der Waals surface area contributed by atoms with E-state index in [-0.39, 0.29) is 46.5 Å². The van der Waals surface area contributed by atoms with Gasteiger partial charge in [0.25, 0.3) is 5.91 Å². The molecule has 3 aromatic carbocycles. The molecule has 39 heavy (non-hydrogen) atoms. The van der Waals surface area contributed by atoms with E-state index in [0.29, 0.717) is 16.5 Å². The van der Waals surface area contributed by atoms with Crippen molar-refractivity contribution in [1.29, 1.82) is 0 Å². The van der Waals surface area contributed by atoms with Crippen LogP contribution < -0.4 is 19.8 Å². The van der Waals surface area contributed by atoms with E-state index < -0.39 is 28.9 Å². The van der Waals surface area contributed by atoms with Gasteiger partial charge in [0.2, 0.25) is 10.0 Å². The summed E-state index contributed by atoms with van der Waals surface area (Å²) in [6, 6.07) is 14.7. The van der Waals surface area contributed by atoms with Crippen molar-refractivity contribution in [2.75, 3.05) is 17.6 Å². The summed E-state index contributed by atoms with van der Waals surface area (Å²) in [5.41, 5.74) is 1.92. The van der Waals surface area contributed by atoms with Crippen LogP contribution in [0.4, 0.5) is 10.1 Å². The van der Waals surface area contributed by atoms with Gasteiger partial charge in [0.1, 0.15) is 22.9 Å². The van der Waals surface area contributed by atoms with E-state index in [2.05, 4.69) is 5.32 Å². The zero-order valence-electron chi connectivity index (χ0n) is 21.8. The number of halogens is 1. The van der Waals surface area contributed by atoms with Crippen molar-refractivity contribution in [3.05, 3.63) is 77.6 Å². The highest BCUT2D eigenvalue weighted by Gasteiger charge is 2.28. The molecule has 1 amide bonds. The number of hydrogen-bond acceptors (Lipinski definition) is 7. The van der Waals surface area contributed by atoms with Gasteiger partial charge in [-0.15, -0.1) is 0 Å². The van der Waals surface area contributed by atoms with Crippen LogP contribution in [0.1, 0.15) is 29.8 Å². The topological polar surface area (TPSA) is 129 Å². The summed E-state index contributed by atoms with van der Waals surface area (Å²) in [5.74, 6) is -0.484. The number of fused-ring (bicyclic) bond motifs is 1. The van der Waals surface area contributed by atoms with Crippen molar-refractivity contribution in [3.8, 4) is 17.1 Å². The highest BCUT2D eigenvalue weighted by Crippen LogP contribution is 2.41. The van der Waals surface area contributed by atoms with E-state index in [1.54, 1.807) is 32.0 Å². The number of carbonyl (C=O) groups is 1. The fourth-order valence-electron chi connectivity index (χ4n) is 4.15. The molecule has 0 aliphatic heterocycles. The summed E-state index contributed by atoms with van der Waals surface area (Å²) in [4.78, 5) is 12.9. The van der Waals surface area contributed by atoms with Gasteiger partial charge in [-0.05, 0) is 55.2 Å². The number of benzene rings is 3. The Labute approximate surface area is 226 Å². The Kier molecular flexibility index (Phi) is 8.00. The predicted octanol–water partition coefficient (Wildman–Crippen LogP) is 3.03. The molecule has 4 aromatic rings. The van der Waals surface area contributed by atoms with E-state index >= 15 is 0 Å². The smallest absolute Gasteiger partial charge is 0.488 e. The zero-order chi connectivity index (χ0) is 28.5. The van der Waals surface area contributed by atoms with Crippen molar-refractivity contribution in [1.82, 2.24) is 5.32 Å². The van der Waals surface area contributed by atoms with Gasteiger partial charge in [0.05, 0.1) is 30.2 Å². The molecule has 3 N–H and O–H groups in total. The van der Waals surface area contributed by atoms with Crippen LogP contribution in [0.3, 0.4) is 0 Å². The lowest BCUT2D eigenvalue weighted by Crippen LogP contribution is -2.31. The second-order valence-electron chi connectivity index (χ2n) is 9.26. The summed E-state index contributed by atoms with van der Waals surface area (Å²) in [6.45, 7) is 3.49. The molecule has 4 rings (SSSR count). The number of carbonyl (C=O) groups excluding carboxylic acids is 1. The Bertz CT molecular complexity index is 1600. The fourth-order valence-corrected chi connectivity index (χ4v) is 5.04. The molecule has 1 aromatic heterocycles. The number of sulfonamides is 1. The van der Waals surface area contributed by atoms with Gasteiger partial charge in [-0.3, -0.25) is 9.10 Å². The highest BCUT2D eigenvalue weighted by atomic mass is 32.2. The summed E-state index contributed by atoms with van der Waals surface area (Å²) in [6.07, 6.45) is 0.726. The Morgan fingerprint density at radius 3 is 2.28 bits per heavy atom. The maximum atomic E-state index is 13.6. The van der Waals surface area contributed by atoms with Gasteiger partial charge in [-0.2, -0.15) is 0 Å². The van der Waals surface area contributed by atoms with Gasteiger partial charge >= 0.3 is 7.12 Å². The number of hydrogen-bond donors (Lipinski definition) is 3. The molecule has 0 fully saturated rings. The van der Waals surface area contributed by atoms with Gasteiger partial charge < -0.3 is 24.5 Å². The van der Waals surface area contributed by atoms with Crippen LogP contribution in [-0.4, -0.2) is 50.9 Å². The average molecular weight is 554 g/mol. The van der Waals surface area contributed by atoms with E-state index in [1.807, 2.05) is 0 Å². The second-order valence-corrected chi connectivity index (χ2v) is 11.2. The maximum absolute atomic E-state index is 13.6. The normalized spacial score (nSPS) is 11.6. The lowest BCUT2D eigenvalue weighted by molar-refractivity contribution is 0.0964. The number of nitrogens with zero attached hydrogens (tertiary/aromatic N) is 1. The average Bonchev–Trinajstić information content (AvgIpc) is 3.24. The molecule has 12 heteroatoms. The monoisotopic (exact) mass is 554 g/mol. The zero-order valence-corrected chi connectivity index (χ0v) is 22.6. The Morgan fingerprint density at radius 1 is 1.10 bits per heavy atom. The molecule has 0 atom stereocenters. The molecule has 9 nitrogen and oxygen atoms in total. The first-order valence-corrected chi connectivity index (χ1v) is 13.9. The third kappa shape index (κ3) is 6.08. The van der Waals surface area contributed by atoms with Gasteiger partial charge in [0, 0.05) is 24.1 Å². The Hall–Kier alpha value is -3.87. The summed E-state index contributed by atoms with van der Waals surface area (Å²) < 4.78 is 52.9. The molecule has 0 unspecified atom stereocenters. The number of ether oxygens (including phenoxy) is 1. The lowest BCUT2D eigenvalue weighted by atomic mass is 9.80. The van der Waals surface area contributed by atoms with Crippen LogP contribution in [0.5, 0.6) is 5.75 Å². The third-order valence-corrected chi connectivity index (χ3v) is 7.09. The second kappa shape index (κ2) is 11.1. The van der Waals surface area contributed by atoms with Gasteiger partial charge in [-0.25, -0.2) is 12.8 Å². The van der Waals surface area contributed by atoms with Gasteiger partial charge in [0.15, 0.2) is 0 Å². The first-order valence-electron chi connectivity index (χ1n) is 12.1. The largest absolute Gasteiger partial charge is 0.489 e. The van der Waals surface area contributed by atoms with Crippen LogP contribution >= 0.6 is 0 Å². The number of anilines is 1. The van der Waals surface area contributed by atoms with Crippen LogP contribution in [0.25, 0.3) is 22.3 Å².